The van der Waals surface area contributed by atoms with Gasteiger partial charge in [0, 0.05) is 25.9 Å². The molecule has 0 unspecified atom stereocenters. The first kappa shape index (κ1) is 11.0. The van der Waals surface area contributed by atoms with E-state index < -0.39 is 0 Å². The molecule has 0 aliphatic heterocycles. The van der Waals surface area contributed by atoms with Gasteiger partial charge in [0.25, 0.3) is 0 Å². The van der Waals surface area contributed by atoms with E-state index in [-0.39, 0.29) is 0 Å². The van der Waals surface area contributed by atoms with E-state index in [0.717, 1.165) is 5.69 Å². The Labute approximate surface area is 119 Å². The number of nitrogens with one attached hydrogen (secondary N) is 1. The number of para-hydroxylation sites is 1. The van der Waals surface area contributed by atoms with E-state index in [1.54, 1.807) is 22.7 Å². The van der Waals surface area contributed by atoms with E-state index >= 15 is 0 Å². The molecule has 1 nitrogen and oxygen atoms in total. The Morgan fingerprint density at radius 2 is 1.63 bits per heavy atom. The van der Waals surface area contributed by atoms with Gasteiger partial charge in [0.15, 0.2) is 0 Å². The number of thiophene rings is 2. The smallest absolute Gasteiger partial charge is 0.0939 e. The van der Waals surface area contributed by atoms with E-state index in [1.165, 1.54) is 25.2 Å². The predicted molar refractivity (Wildman–Crippen MR) is 86.9 cm³/mol. The van der Waals surface area contributed by atoms with Crippen LogP contribution in [0.5, 0.6) is 0 Å². The molecule has 3 heteroatoms. The van der Waals surface area contributed by atoms with Crippen molar-refractivity contribution < 1.29 is 0 Å². The lowest BCUT2D eigenvalue weighted by Gasteiger charge is -2.01. The van der Waals surface area contributed by atoms with E-state index in [0.29, 0.717) is 0 Å². The molecule has 0 atom stereocenters. The molecule has 2 aromatic heterocycles. The van der Waals surface area contributed by atoms with Gasteiger partial charge in [-0.05, 0) is 41.8 Å². The lowest BCUT2D eigenvalue weighted by Crippen LogP contribution is -1.84. The maximum Gasteiger partial charge on any atom is 0.0939 e. The molecule has 0 fully saturated rings. The van der Waals surface area contributed by atoms with Gasteiger partial charge in [0.05, 0.1) is 5.00 Å². The Morgan fingerprint density at radius 1 is 0.789 bits per heavy atom. The van der Waals surface area contributed by atoms with Crippen LogP contribution in [0.25, 0.3) is 20.2 Å². The zero-order chi connectivity index (χ0) is 12.7. The molecule has 19 heavy (non-hydrogen) atoms. The van der Waals surface area contributed by atoms with Crippen molar-refractivity contribution >= 4 is 53.5 Å². The molecule has 0 aliphatic rings. The van der Waals surface area contributed by atoms with Crippen LogP contribution in [-0.4, -0.2) is 0 Å². The predicted octanol–water partition coefficient (Wildman–Crippen LogP) is 5.86. The standard InChI is InChI=1S/C16H11NS2/c1-2-4-11(5-3-1)17-16-10-13-12-8-9-18-14(12)6-7-15(13)19-16/h1-10,17H. The molecular formula is C16H11NS2. The third-order valence-corrected chi connectivity index (χ3v) is 5.07. The van der Waals surface area contributed by atoms with Gasteiger partial charge in [-0.2, -0.15) is 0 Å². The van der Waals surface area contributed by atoms with Crippen LogP contribution in [0.15, 0.2) is 60.0 Å². The monoisotopic (exact) mass is 281 g/mol. The van der Waals surface area contributed by atoms with Crippen molar-refractivity contribution in [2.24, 2.45) is 0 Å². The number of hydrogen-bond donors (Lipinski definition) is 1. The number of hydrogen-bond acceptors (Lipinski definition) is 3. The zero-order valence-electron chi connectivity index (χ0n) is 10.1. The molecule has 0 saturated carbocycles. The maximum absolute atomic E-state index is 3.47. The number of anilines is 2. The molecule has 2 aromatic carbocycles. The minimum absolute atomic E-state index is 1.13. The first-order chi connectivity index (χ1) is 9.40. The first-order valence-electron chi connectivity index (χ1n) is 6.12. The third-order valence-electron chi connectivity index (χ3n) is 3.17. The van der Waals surface area contributed by atoms with Crippen LogP contribution in [-0.2, 0) is 0 Å². The van der Waals surface area contributed by atoms with Gasteiger partial charge in [-0.3, -0.25) is 0 Å². The average Bonchev–Trinajstić information content (AvgIpc) is 3.04. The molecule has 0 aliphatic carbocycles. The van der Waals surface area contributed by atoms with Crippen LogP contribution in [0, 0.1) is 0 Å². The summed E-state index contributed by atoms with van der Waals surface area (Å²) in [6.45, 7) is 0. The van der Waals surface area contributed by atoms with Crippen LogP contribution in [0.2, 0.25) is 0 Å². The summed E-state index contributed by atoms with van der Waals surface area (Å²) in [6.07, 6.45) is 0. The molecule has 0 amide bonds. The fourth-order valence-corrected chi connectivity index (χ4v) is 4.09. The second-order valence-corrected chi connectivity index (χ2v) is 6.44. The summed E-state index contributed by atoms with van der Waals surface area (Å²) < 4.78 is 2.70. The molecular weight excluding hydrogens is 270 g/mol. The van der Waals surface area contributed by atoms with Crippen molar-refractivity contribution in [2.75, 3.05) is 5.32 Å². The Bertz CT molecular complexity index is 843. The molecule has 4 rings (SSSR count). The fraction of sp³-hybridized carbons (Fsp3) is 0. The molecule has 0 bridgehead atoms. The molecule has 0 saturated heterocycles. The largest absolute Gasteiger partial charge is 0.347 e. The fourth-order valence-electron chi connectivity index (χ4n) is 2.29. The van der Waals surface area contributed by atoms with Crippen molar-refractivity contribution in [1.29, 1.82) is 0 Å². The van der Waals surface area contributed by atoms with E-state index in [4.69, 9.17) is 0 Å². The summed E-state index contributed by atoms with van der Waals surface area (Å²) in [7, 11) is 0. The molecule has 1 N–H and O–H groups in total. The van der Waals surface area contributed by atoms with E-state index in [1.807, 2.05) is 18.2 Å². The van der Waals surface area contributed by atoms with Gasteiger partial charge in [-0.25, -0.2) is 0 Å². The quantitative estimate of drug-likeness (QED) is 0.485. The Morgan fingerprint density at radius 3 is 2.53 bits per heavy atom. The van der Waals surface area contributed by atoms with Gasteiger partial charge in [-0.15, -0.1) is 22.7 Å². The topological polar surface area (TPSA) is 12.0 Å². The summed E-state index contributed by atoms with van der Waals surface area (Å²) in [5.41, 5.74) is 1.13. The Balaban J connectivity index is 1.83. The SMILES string of the molecule is c1ccc(Nc2cc3c(ccc4sccc43)s2)cc1. The molecule has 92 valence electrons. The summed E-state index contributed by atoms with van der Waals surface area (Å²) in [4.78, 5) is 0. The first-order valence-corrected chi connectivity index (χ1v) is 7.81. The van der Waals surface area contributed by atoms with Crippen LogP contribution in [0.1, 0.15) is 0 Å². The van der Waals surface area contributed by atoms with E-state index in [9.17, 15) is 0 Å². The molecule has 4 aromatic rings. The summed E-state index contributed by atoms with van der Waals surface area (Å²) in [5, 5.41) is 9.54. The second-order valence-electron chi connectivity index (χ2n) is 4.41. The maximum atomic E-state index is 3.47. The van der Waals surface area contributed by atoms with Crippen molar-refractivity contribution in [3.05, 3.63) is 60.0 Å². The second kappa shape index (κ2) is 4.37. The molecule has 0 radical (unpaired) electrons. The summed E-state index contributed by atoms with van der Waals surface area (Å²) in [6, 6.07) is 19.2. The number of fused-ring (bicyclic) bond motifs is 3. The summed E-state index contributed by atoms with van der Waals surface area (Å²) >= 11 is 3.60. The van der Waals surface area contributed by atoms with Gasteiger partial charge < -0.3 is 5.32 Å². The minimum Gasteiger partial charge on any atom is -0.347 e. The lowest BCUT2D eigenvalue weighted by molar-refractivity contribution is 1.62. The highest BCUT2D eigenvalue weighted by Crippen LogP contribution is 2.37. The van der Waals surface area contributed by atoms with Crippen molar-refractivity contribution in [3.63, 3.8) is 0 Å². The van der Waals surface area contributed by atoms with Crippen LogP contribution in [0.3, 0.4) is 0 Å². The Kier molecular flexibility index (Phi) is 2.53. The molecule has 0 spiro atoms. The van der Waals surface area contributed by atoms with Crippen LogP contribution >= 0.6 is 22.7 Å². The van der Waals surface area contributed by atoms with Crippen LogP contribution < -0.4 is 5.32 Å². The average molecular weight is 281 g/mol. The van der Waals surface area contributed by atoms with Gasteiger partial charge in [-0.1, -0.05) is 18.2 Å². The number of rotatable bonds is 2. The van der Waals surface area contributed by atoms with E-state index in [2.05, 4.69) is 47.1 Å². The summed E-state index contributed by atoms with van der Waals surface area (Å²) in [5.74, 6) is 0. The highest BCUT2D eigenvalue weighted by molar-refractivity contribution is 7.23. The van der Waals surface area contributed by atoms with Gasteiger partial charge in [0.1, 0.15) is 0 Å². The third kappa shape index (κ3) is 1.91. The molecule has 2 heterocycles. The van der Waals surface area contributed by atoms with Crippen molar-refractivity contribution in [2.45, 2.75) is 0 Å². The minimum atomic E-state index is 1.13. The Hall–Kier alpha value is -1.84. The van der Waals surface area contributed by atoms with Crippen LogP contribution in [0.4, 0.5) is 10.7 Å². The van der Waals surface area contributed by atoms with Gasteiger partial charge in [0.2, 0.25) is 0 Å². The van der Waals surface area contributed by atoms with Crippen molar-refractivity contribution in [3.8, 4) is 0 Å². The highest BCUT2D eigenvalue weighted by atomic mass is 32.1. The highest BCUT2D eigenvalue weighted by Gasteiger charge is 2.06. The van der Waals surface area contributed by atoms with Crippen molar-refractivity contribution in [1.82, 2.24) is 0 Å². The van der Waals surface area contributed by atoms with Gasteiger partial charge >= 0.3 is 0 Å². The lowest BCUT2D eigenvalue weighted by atomic mass is 10.2. The zero-order valence-corrected chi connectivity index (χ0v) is 11.7. The normalized spacial score (nSPS) is 11.2. The number of benzene rings is 2.